The first-order chi connectivity index (χ1) is 13.4. The van der Waals surface area contributed by atoms with Crippen molar-refractivity contribution in [2.75, 3.05) is 0 Å². The number of carbonyl (C=O) groups excluding carboxylic acids is 3. The van der Waals surface area contributed by atoms with Crippen molar-refractivity contribution in [3.63, 3.8) is 0 Å². The lowest BCUT2D eigenvalue weighted by molar-refractivity contribution is 0.103. The zero-order valence-electron chi connectivity index (χ0n) is 16.1. The largest absolute Gasteiger partial charge is 0.380 e. The third-order valence-electron chi connectivity index (χ3n) is 4.65. The van der Waals surface area contributed by atoms with Gasteiger partial charge in [-0.2, -0.15) is 0 Å². The predicted octanol–water partition coefficient (Wildman–Crippen LogP) is 5.05. The summed E-state index contributed by atoms with van der Waals surface area (Å²) in [5.41, 5.74) is 3.49. The van der Waals surface area contributed by atoms with Gasteiger partial charge in [-0.1, -0.05) is 54.6 Å². The molecule has 0 heterocycles. The fourth-order valence-electron chi connectivity index (χ4n) is 2.99. The Kier molecular flexibility index (Phi) is 5.90. The van der Waals surface area contributed by atoms with Crippen LogP contribution in [0.1, 0.15) is 47.8 Å². The van der Waals surface area contributed by atoms with E-state index in [1.807, 2.05) is 57.2 Å². The Labute approximate surface area is 167 Å². The van der Waals surface area contributed by atoms with Crippen molar-refractivity contribution in [2.45, 2.75) is 20.8 Å². The number of benzene rings is 3. The lowest BCUT2D eigenvalue weighted by Gasteiger charge is -2.08. The lowest BCUT2D eigenvalue weighted by Crippen LogP contribution is -2.33. The number of carbonyl (C=O) groups is 3. The van der Waals surface area contributed by atoms with E-state index in [0.29, 0.717) is 16.7 Å². The molecule has 3 aromatic carbocycles. The highest BCUT2D eigenvalue weighted by molar-refractivity contribution is 8.35. The van der Waals surface area contributed by atoms with Crippen LogP contribution in [0, 0.1) is 20.8 Å². The van der Waals surface area contributed by atoms with E-state index >= 15 is 0 Å². The highest BCUT2D eigenvalue weighted by Crippen LogP contribution is 2.24. The highest BCUT2D eigenvalue weighted by atomic mass is 32.2. The van der Waals surface area contributed by atoms with E-state index in [1.54, 1.807) is 36.4 Å². The normalized spacial score (nSPS) is 10.7. The van der Waals surface area contributed by atoms with Crippen LogP contribution in [0.25, 0.3) is 0 Å². The van der Waals surface area contributed by atoms with Crippen LogP contribution in [-0.4, -0.2) is 15.3 Å². The van der Waals surface area contributed by atoms with Gasteiger partial charge in [-0.3, -0.25) is 0 Å². The van der Waals surface area contributed by atoms with Crippen molar-refractivity contribution in [3.05, 3.63) is 106 Å². The van der Waals surface area contributed by atoms with Gasteiger partial charge in [-0.15, -0.1) is 0 Å². The molecule has 0 aromatic heterocycles. The van der Waals surface area contributed by atoms with Crippen LogP contribution in [0.15, 0.2) is 72.8 Å². The van der Waals surface area contributed by atoms with Crippen molar-refractivity contribution in [1.82, 2.24) is 0 Å². The number of hydrogen-bond donors (Lipinski definition) is 0. The van der Waals surface area contributed by atoms with Crippen molar-refractivity contribution in [3.8, 4) is 0 Å². The Balaban J connectivity index is 2.14. The molecule has 0 aliphatic heterocycles. The van der Waals surface area contributed by atoms with Gasteiger partial charge >= 0.3 is 15.3 Å². The minimum absolute atomic E-state index is 0.412. The number of hydrogen-bond acceptors (Lipinski definition) is 3. The van der Waals surface area contributed by atoms with Gasteiger partial charge in [-0.25, -0.2) is 14.4 Å². The molecule has 3 rings (SSSR count). The van der Waals surface area contributed by atoms with Gasteiger partial charge in [0.05, 0.1) is 16.7 Å². The SMILES string of the molecule is Cc1ccccc1C(=O)[S+](C(=O)c1ccccc1C)C(=O)c1ccccc1C. The van der Waals surface area contributed by atoms with E-state index < -0.39 is 26.2 Å². The first-order valence-corrected chi connectivity index (χ1v) is 10.2. The van der Waals surface area contributed by atoms with E-state index in [9.17, 15) is 14.4 Å². The van der Waals surface area contributed by atoms with Crippen LogP contribution in [0.4, 0.5) is 0 Å². The predicted molar refractivity (Wildman–Crippen MR) is 114 cm³/mol. The molecule has 0 atom stereocenters. The molecule has 0 fully saturated rings. The Bertz CT molecular complexity index is 932. The van der Waals surface area contributed by atoms with Crippen molar-refractivity contribution in [1.29, 1.82) is 0 Å². The van der Waals surface area contributed by atoms with Gasteiger partial charge in [0, 0.05) is 0 Å². The molecule has 0 saturated heterocycles. The van der Waals surface area contributed by atoms with E-state index in [1.165, 1.54) is 0 Å². The van der Waals surface area contributed by atoms with Gasteiger partial charge in [-0.05, 0) is 55.7 Å². The summed E-state index contributed by atoms with van der Waals surface area (Å²) in [5, 5.41) is -1.29. The van der Waals surface area contributed by atoms with Gasteiger partial charge in [0.15, 0.2) is 0 Å². The highest BCUT2D eigenvalue weighted by Gasteiger charge is 2.49. The molecule has 0 saturated carbocycles. The van der Waals surface area contributed by atoms with Crippen LogP contribution in [0.3, 0.4) is 0 Å². The molecule has 4 heteroatoms. The molecule has 0 aliphatic carbocycles. The first kappa shape index (κ1) is 19.8. The maximum atomic E-state index is 13.4. The topological polar surface area (TPSA) is 51.2 Å². The number of aryl methyl sites for hydroxylation is 3. The molecule has 0 unspecified atom stereocenters. The summed E-state index contributed by atoms with van der Waals surface area (Å²) >= 11 is 0. The molecule has 0 amide bonds. The third-order valence-corrected chi connectivity index (χ3v) is 6.42. The lowest BCUT2D eigenvalue weighted by atomic mass is 10.1. The van der Waals surface area contributed by atoms with Crippen LogP contribution in [-0.2, 0) is 10.9 Å². The molecule has 0 bridgehead atoms. The van der Waals surface area contributed by atoms with Crippen LogP contribution < -0.4 is 0 Å². The van der Waals surface area contributed by atoms with Gasteiger partial charge in [0.1, 0.15) is 0 Å². The summed E-state index contributed by atoms with van der Waals surface area (Å²) in [6.07, 6.45) is 0. The van der Waals surface area contributed by atoms with Crippen molar-refractivity contribution >= 4 is 26.2 Å². The Morgan fingerprint density at radius 1 is 0.500 bits per heavy atom. The summed E-state index contributed by atoms with van der Waals surface area (Å²) < 4.78 is 0. The average molecular weight is 389 g/mol. The van der Waals surface area contributed by atoms with E-state index in [-0.39, 0.29) is 0 Å². The van der Waals surface area contributed by atoms with Gasteiger partial charge in [0.2, 0.25) is 10.9 Å². The second-order valence-corrected chi connectivity index (χ2v) is 8.34. The maximum Gasteiger partial charge on any atom is 0.380 e. The minimum Gasteiger partial charge on any atom is -0.230 e. The molecule has 28 heavy (non-hydrogen) atoms. The molecular weight excluding hydrogens is 368 g/mol. The molecule has 3 aromatic rings. The molecule has 3 nitrogen and oxygen atoms in total. The smallest absolute Gasteiger partial charge is 0.230 e. The first-order valence-electron chi connectivity index (χ1n) is 8.96. The average Bonchev–Trinajstić information content (AvgIpc) is 2.69. The zero-order chi connectivity index (χ0) is 20.3. The summed E-state index contributed by atoms with van der Waals surface area (Å²) in [6, 6.07) is 21.2. The molecule has 0 aliphatic rings. The summed E-state index contributed by atoms with van der Waals surface area (Å²) in [5.74, 6) is 0. The van der Waals surface area contributed by atoms with Crippen molar-refractivity contribution < 1.29 is 14.4 Å². The Hall–Kier alpha value is -2.98. The third kappa shape index (κ3) is 3.82. The van der Waals surface area contributed by atoms with Crippen molar-refractivity contribution in [2.24, 2.45) is 0 Å². The van der Waals surface area contributed by atoms with E-state index in [2.05, 4.69) is 0 Å². The van der Waals surface area contributed by atoms with Gasteiger partial charge in [0.25, 0.3) is 0 Å². The quantitative estimate of drug-likeness (QED) is 0.589. The number of rotatable bonds is 3. The molecule has 0 spiro atoms. The Morgan fingerprint density at radius 3 is 1.00 bits per heavy atom. The fourth-order valence-corrected chi connectivity index (χ4v) is 4.84. The Morgan fingerprint density at radius 2 is 0.750 bits per heavy atom. The second kappa shape index (κ2) is 8.36. The summed E-state index contributed by atoms with van der Waals surface area (Å²) in [6.45, 7) is 5.43. The monoisotopic (exact) mass is 389 g/mol. The molecular formula is C24H21O3S+. The molecule has 140 valence electrons. The minimum atomic E-state index is -1.76. The van der Waals surface area contributed by atoms with Crippen LogP contribution in [0.5, 0.6) is 0 Å². The second-order valence-electron chi connectivity index (χ2n) is 6.61. The fraction of sp³-hybridized carbons (Fsp3) is 0.125. The standard InChI is InChI=1S/C24H21O3S/c1-16-10-4-7-13-19(16)22(25)28(23(26)20-14-8-5-11-17(20)2)24(27)21-15-9-6-12-18(21)3/h4-15H,1-3H3/q+1. The summed E-state index contributed by atoms with van der Waals surface area (Å²) in [7, 11) is -1.76. The van der Waals surface area contributed by atoms with Crippen LogP contribution in [0.2, 0.25) is 0 Å². The molecule has 0 radical (unpaired) electrons. The molecule has 0 N–H and O–H groups in total. The zero-order valence-corrected chi connectivity index (χ0v) is 16.9. The van der Waals surface area contributed by atoms with Crippen LogP contribution >= 0.6 is 0 Å². The van der Waals surface area contributed by atoms with E-state index in [4.69, 9.17) is 0 Å². The van der Waals surface area contributed by atoms with E-state index in [0.717, 1.165) is 16.7 Å². The van der Waals surface area contributed by atoms with Gasteiger partial charge < -0.3 is 0 Å². The maximum absolute atomic E-state index is 13.4. The summed E-state index contributed by atoms with van der Waals surface area (Å²) in [4.78, 5) is 40.2.